The first-order chi connectivity index (χ1) is 7.08. The number of rotatable bonds is 1. The van der Waals surface area contributed by atoms with Crippen LogP contribution in [0.3, 0.4) is 0 Å². The molecular formula is C10H11N3OS. The van der Waals surface area contributed by atoms with Gasteiger partial charge in [-0.05, 0) is 18.2 Å². The van der Waals surface area contributed by atoms with Gasteiger partial charge in [-0.1, -0.05) is 11.3 Å². The highest BCUT2D eigenvalue weighted by atomic mass is 32.1. The zero-order valence-electron chi connectivity index (χ0n) is 8.52. The van der Waals surface area contributed by atoms with Crippen LogP contribution in [-0.4, -0.2) is 29.9 Å². The van der Waals surface area contributed by atoms with Crippen LogP contribution in [0.15, 0.2) is 18.2 Å². The molecule has 0 bridgehead atoms. The van der Waals surface area contributed by atoms with Crippen molar-refractivity contribution in [3.05, 3.63) is 23.8 Å². The second-order valence-corrected chi connectivity index (χ2v) is 4.50. The summed E-state index contributed by atoms with van der Waals surface area (Å²) < 4.78 is 1.00. The van der Waals surface area contributed by atoms with E-state index in [1.165, 1.54) is 16.2 Å². The summed E-state index contributed by atoms with van der Waals surface area (Å²) in [5, 5.41) is 0.527. The Morgan fingerprint density at radius 2 is 2.20 bits per heavy atom. The first kappa shape index (κ1) is 9.92. The van der Waals surface area contributed by atoms with Gasteiger partial charge in [-0.2, -0.15) is 0 Å². The molecule has 0 aliphatic carbocycles. The van der Waals surface area contributed by atoms with Gasteiger partial charge >= 0.3 is 0 Å². The van der Waals surface area contributed by atoms with Crippen molar-refractivity contribution in [1.82, 2.24) is 9.88 Å². The molecule has 0 unspecified atom stereocenters. The Bertz CT molecular complexity index is 518. The zero-order valence-corrected chi connectivity index (χ0v) is 9.34. The van der Waals surface area contributed by atoms with E-state index in [0.717, 1.165) is 10.2 Å². The first-order valence-electron chi connectivity index (χ1n) is 4.45. The van der Waals surface area contributed by atoms with Crippen LogP contribution < -0.4 is 5.73 Å². The SMILES string of the molecule is CN(C)C(=O)c1ccc2sc(N)nc2c1. The largest absolute Gasteiger partial charge is 0.375 e. The number of carbonyl (C=O) groups is 1. The lowest BCUT2D eigenvalue weighted by Crippen LogP contribution is -2.21. The van der Waals surface area contributed by atoms with Crippen LogP contribution in [0, 0.1) is 0 Å². The fourth-order valence-corrected chi connectivity index (χ4v) is 2.05. The number of benzene rings is 1. The van der Waals surface area contributed by atoms with E-state index < -0.39 is 0 Å². The van der Waals surface area contributed by atoms with Crippen LogP contribution in [0.1, 0.15) is 10.4 Å². The maximum Gasteiger partial charge on any atom is 0.253 e. The fraction of sp³-hybridized carbons (Fsp3) is 0.200. The summed E-state index contributed by atoms with van der Waals surface area (Å²) in [6.07, 6.45) is 0. The Balaban J connectivity index is 2.51. The molecule has 1 aromatic heterocycles. The molecule has 1 amide bonds. The van der Waals surface area contributed by atoms with Gasteiger partial charge in [-0.25, -0.2) is 4.98 Å². The number of hydrogen-bond donors (Lipinski definition) is 1. The number of nitrogens with two attached hydrogens (primary N) is 1. The summed E-state index contributed by atoms with van der Waals surface area (Å²) in [5.41, 5.74) is 7.01. The van der Waals surface area contributed by atoms with E-state index in [-0.39, 0.29) is 5.91 Å². The van der Waals surface area contributed by atoms with Crippen molar-refractivity contribution in [3.63, 3.8) is 0 Å². The number of amides is 1. The summed E-state index contributed by atoms with van der Waals surface area (Å²) in [4.78, 5) is 17.3. The van der Waals surface area contributed by atoms with Gasteiger partial charge in [0, 0.05) is 19.7 Å². The molecule has 0 spiro atoms. The van der Waals surface area contributed by atoms with Crippen molar-refractivity contribution < 1.29 is 4.79 Å². The van der Waals surface area contributed by atoms with Crippen LogP contribution in [0.4, 0.5) is 5.13 Å². The molecule has 0 saturated heterocycles. The van der Waals surface area contributed by atoms with Gasteiger partial charge in [0.25, 0.3) is 5.91 Å². The standard InChI is InChI=1S/C10H11N3OS/c1-13(2)9(14)6-3-4-8-7(5-6)12-10(11)15-8/h3-5H,1-2H3,(H2,11,12). The maximum absolute atomic E-state index is 11.7. The van der Waals surface area contributed by atoms with Gasteiger partial charge in [0.15, 0.2) is 5.13 Å². The minimum Gasteiger partial charge on any atom is -0.375 e. The second-order valence-electron chi connectivity index (χ2n) is 3.43. The first-order valence-corrected chi connectivity index (χ1v) is 5.27. The minimum atomic E-state index is -0.0246. The van der Waals surface area contributed by atoms with E-state index >= 15 is 0 Å². The molecular weight excluding hydrogens is 210 g/mol. The highest BCUT2D eigenvalue weighted by Gasteiger charge is 2.09. The average Bonchev–Trinajstić information content (AvgIpc) is 2.55. The highest BCUT2D eigenvalue weighted by molar-refractivity contribution is 7.22. The normalized spacial score (nSPS) is 10.5. The number of hydrogen-bond acceptors (Lipinski definition) is 4. The zero-order chi connectivity index (χ0) is 11.0. The molecule has 2 aromatic rings. The molecule has 78 valence electrons. The van der Waals surface area contributed by atoms with Gasteiger partial charge in [0.1, 0.15) is 0 Å². The van der Waals surface area contributed by atoms with Crippen LogP contribution in [-0.2, 0) is 0 Å². The van der Waals surface area contributed by atoms with E-state index in [4.69, 9.17) is 5.73 Å². The number of fused-ring (bicyclic) bond motifs is 1. The highest BCUT2D eigenvalue weighted by Crippen LogP contribution is 2.24. The fourth-order valence-electron chi connectivity index (χ4n) is 1.34. The molecule has 0 atom stereocenters. The second kappa shape index (κ2) is 3.51. The predicted molar refractivity (Wildman–Crippen MR) is 62.0 cm³/mol. The quantitative estimate of drug-likeness (QED) is 0.795. The number of thiazole rings is 1. The van der Waals surface area contributed by atoms with E-state index in [2.05, 4.69) is 4.98 Å². The number of carbonyl (C=O) groups excluding carboxylic acids is 1. The lowest BCUT2D eigenvalue weighted by Gasteiger charge is -2.09. The lowest BCUT2D eigenvalue weighted by molar-refractivity contribution is 0.0828. The van der Waals surface area contributed by atoms with Crippen LogP contribution in [0.25, 0.3) is 10.2 Å². The molecule has 0 fully saturated rings. The number of nitrogen functional groups attached to an aromatic ring is 1. The number of anilines is 1. The van der Waals surface area contributed by atoms with Crippen LogP contribution in [0.5, 0.6) is 0 Å². The Hall–Kier alpha value is -1.62. The third-order valence-corrected chi connectivity index (χ3v) is 2.92. The van der Waals surface area contributed by atoms with E-state index in [0.29, 0.717) is 10.7 Å². The topological polar surface area (TPSA) is 59.2 Å². The third kappa shape index (κ3) is 1.78. The molecule has 0 aliphatic heterocycles. The molecule has 0 radical (unpaired) electrons. The van der Waals surface area contributed by atoms with Gasteiger partial charge in [-0.3, -0.25) is 4.79 Å². The third-order valence-electron chi connectivity index (χ3n) is 2.06. The maximum atomic E-state index is 11.7. The number of aromatic nitrogens is 1. The Kier molecular flexibility index (Phi) is 2.32. The molecule has 1 heterocycles. The van der Waals surface area contributed by atoms with Crippen LogP contribution >= 0.6 is 11.3 Å². The van der Waals surface area contributed by atoms with E-state index in [1.807, 2.05) is 6.07 Å². The van der Waals surface area contributed by atoms with Crippen molar-refractivity contribution in [2.75, 3.05) is 19.8 Å². The smallest absolute Gasteiger partial charge is 0.253 e. The van der Waals surface area contributed by atoms with Gasteiger partial charge in [0.05, 0.1) is 10.2 Å². The molecule has 1 aromatic carbocycles. The minimum absolute atomic E-state index is 0.0246. The van der Waals surface area contributed by atoms with Crippen LogP contribution in [0.2, 0.25) is 0 Å². The monoisotopic (exact) mass is 221 g/mol. The summed E-state index contributed by atoms with van der Waals surface area (Å²) >= 11 is 1.42. The van der Waals surface area contributed by atoms with Crippen molar-refractivity contribution >= 4 is 32.6 Å². The van der Waals surface area contributed by atoms with Gasteiger partial charge < -0.3 is 10.6 Å². The predicted octanol–water partition coefficient (Wildman–Crippen LogP) is 1.58. The van der Waals surface area contributed by atoms with Crippen molar-refractivity contribution in [1.29, 1.82) is 0 Å². The summed E-state index contributed by atoms with van der Waals surface area (Å²) in [7, 11) is 3.45. The number of nitrogens with zero attached hydrogens (tertiary/aromatic N) is 2. The molecule has 5 heteroatoms. The van der Waals surface area contributed by atoms with E-state index in [9.17, 15) is 4.79 Å². The summed E-state index contributed by atoms with van der Waals surface area (Å²) in [6, 6.07) is 5.44. The summed E-state index contributed by atoms with van der Waals surface area (Å²) in [6.45, 7) is 0. The summed E-state index contributed by atoms with van der Waals surface area (Å²) in [5.74, 6) is -0.0246. The molecule has 15 heavy (non-hydrogen) atoms. The molecule has 2 rings (SSSR count). The van der Waals surface area contributed by atoms with Gasteiger partial charge in [-0.15, -0.1) is 0 Å². The van der Waals surface area contributed by atoms with Crippen molar-refractivity contribution in [2.45, 2.75) is 0 Å². The Morgan fingerprint density at radius 3 is 2.87 bits per heavy atom. The Morgan fingerprint density at radius 1 is 1.47 bits per heavy atom. The average molecular weight is 221 g/mol. The lowest BCUT2D eigenvalue weighted by atomic mass is 10.2. The Labute approximate surface area is 91.3 Å². The van der Waals surface area contributed by atoms with Crippen molar-refractivity contribution in [3.8, 4) is 0 Å². The molecule has 4 nitrogen and oxygen atoms in total. The van der Waals surface area contributed by atoms with Gasteiger partial charge in [0.2, 0.25) is 0 Å². The molecule has 0 aliphatic rings. The van der Waals surface area contributed by atoms with Crippen molar-refractivity contribution in [2.24, 2.45) is 0 Å². The van der Waals surface area contributed by atoms with E-state index in [1.54, 1.807) is 26.2 Å². The molecule has 2 N–H and O–H groups in total. The molecule has 0 saturated carbocycles.